The Morgan fingerprint density at radius 1 is 1.33 bits per heavy atom. The monoisotopic (exact) mass is 350 g/mol. The molecule has 8 heteroatoms. The Kier molecular flexibility index (Phi) is 4.08. The molecule has 1 N–H and O–H groups in total. The van der Waals surface area contributed by atoms with Crippen molar-refractivity contribution in [1.29, 1.82) is 0 Å². The van der Waals surface area contributed by atoms with Crippen molar-refractivity contribution >= 4 is 32.6 Å². The highest BCUT2D eigenvalue weighted by Gasteiger charge is 2.30. The van der Waals surface area contributed by atoms with E-state index >= 15 is 0 Å². The van der Waals surface area contributed by atoms with Crippen LogP contribution < -0.4 is 10.1 Å². The summed E-state index contributed by atoms with van der Waals surface area (Å²) in [6, 6.07) is 4.72. The van der Waals surface area contributed by atoms with Crippen LogP contribution in [-0.4, -0.2) is 49.5 Å². The summed E-state index contributed by atoms with van der Waals surface area (Å²) >= 11 is 0. The van der Waals surface area contributed by atoms with Crippen LogP contribution in [0.5, 0.6) is 5.75 Å². The van der Waals surface area contributed by atoms with Gasteiger partial charge in [-0.1, -0.05) is 0 Å². The number of carbonyl (C=O) groups is 2. The first-order valence-corrected chi connectivity index (χ1v) is 9.34. The molecule has 3 rings (SSSR count). The molecule has 1 aromatic heterocycles. The van der Waals surface area contributed by atoms with E-state index in [1.54, 1.807) is 18.2 Å². The Bertz CT molecular complexity index is 929. The number of aromatic nitrogens is 1. The summed E-state index contributed by atoms with van der Waals surface area (Å²) in [4.78, 5) is 24.4. The topological polar surface area (TPSA) is 94.5 Å². The molecule has 1 aliphatic rings. The number of nitrogens with zero attached hydrogens (tertiary/aromatic N) is 1. The largest absolute Gasteiger partial charge is 0.497 e. The molecule has 1 unspecified atom stereocenters. The van der Waals surface area contributed by atoms with Crippen molar-refractivity contribution in [1.82, 2.24) is 9.88 Å². The standard InChI is InChI=1S/C16H18N2O5S/c1-10(19)18-8-14(13-7-12(23-2)3-4-15(13)18)16(20)17-11-5-6-24(21,22)9-11/h3-4,7-8,11H,5-6,9H2,1-2H3,(H,17,20). The number of carbonyl (C=O) groups excluding carboxylic acids is 2. The van der Waals surface area contributed by atoms with E-state index in [4.69, 9.17) is 4.74 Å². The second-order valence-electron chi connectivity index (χ2n) is 5.89. The Balaban J connectivity index is 1.98. The highest BCUT2D eigenvalue weighted by atomic mass is 32.2. The molecule has 0 aliphatic carbocycles. The zero-order chi connectivity index (χ0) is 17.5. The summed E-state index contributed by atoms with van der Waals surface area (Å²) in [6.45, 7) is 1.41. The minimum atomic E-state index is -3.08. The number of sulfone groups is 1. The SMILES string of the molecule is COc1ccc2c(c1)c(C(=O)NC1CCS(=O)(=O)C1)cn2C(C)=O. The molecule has 2 heterocycles. The quantitative estimate of drug-likeness (QED) is 0.898. The Morgan fingerprint density at radius 2 is 2.08 bits per heavy atom. The van der Waals surface area contributed by atoms with Crippen molar-refractivity contribution < 1.29 is 22.7 Å². The molecule has 0 saturated carbocycles. The normalized spacial score (nSPS) is 19.3. The fourth-order valence-corrected chi connectivity index (χ4v) is 4.62. The van der Waals surface area contributed by atoms with Crippen molar-refractivity contribution in [3.05, 3.63) is 30.0 Å². The minimum absolute atomic E-state index is 0.0482. The van der Waals surface area contributed by atoms with E-state index in [0.717, 1.165) is 0 Å². The maximum absolute atomic E-state index is 12.6. The number of nitrogens with one attached hydrogen (secondary N) is 1. The summed E-state index contributed by atoms with van der Waals surface area (Å²) in [5.41, 5.74) is 0.927. The molecule has 0 bridgehead atoms. The number of ether oxygens (including phenoxy) is 1. The lowest BCUT2D eigenvalue weighted by molar-refractivity contribution is 0.0941. The minimum Gasteiger partial charge on any atom is -0.497 e. The number of methoxy groups -OCH3 is 1. The van der Waals surface area contributed by atoms with Crippen molar-refractivity contribution in [3.63, 3.8) is 0 Å². The van der Waals surface area contributed by atoms with Crippen molar-refractivity contribution in [2.24, 2.45) is 0 Å². The van der Waals surface area contributed by atoms with Crippen LogP contribution in [0.15, 0.2) is 24.4 Å². The van der Waals surface area contributed by atoms with E-state index in [1.165, 1.54) is 24.8 Å². The molecular weight excluding hydrogens is 332 g/mol. The number of hydrogen-bond acceptors (Lipinski definition) is 5. The van der Waals surface area contributed by atoms with Gasteiger partial charge in [-0.25, -0.2) is 8.42 Å². The summed E-state index contributed by atoms with van der Waals surface area (Å²) in [6.07, 6.45) is 1.88. The van der Waals surface area contributed by atoms with Crippen molar-refractivity contribution in [2.45, 2.75) is 19.4 Å². The fourth-order valence-electron chi connectivity index (χ4n) is 2.95. The van der Waals surface area contributed by atoms with E-state index in [-0.39, 0.29) is 17.4 Å². The maximum Gasteiger partial charge on any atom is 0.253 e. The molecule has 1 atom stereocenters. The lowest BCUT2D eigenvalue weighted by Gasteiger charge is -2.10. The van der Waals surface area contributed by atoms with Crippen molar-refractivity contribution in [3.8, 4) is 5.75 Å². The first kappa shape index (κ1) is 16.5. The van der Waals surface area contributed by atoms with Gasteiger partial charge in [-0.2, -0.15) is 0 Å². The summed E-state index contributed by atoms with van der Waals surface area (Å²) in [5, 5.41) is 3.34. The van der Waals surface area contributed by atoms with Gasteiger partial charge in [0.05, 0.1) is 29.7 Å². The number of benzene rings is 1. The van der Waals surface area contributed by atoms with Gasteiger partial charge in [-0.15, -0.1) is 0 Å². The van der Waals surface area contributed by atoms with Gasteiger partial charge >= 0.3 is 0 Å². The van der Waals surface area contributed by atoms with Crippen LogP contribution in [0.2, 0.25) is 0 Å². The Labute approximate surface area is 139 Å². The van der Waals surface area contributed by atoms with Gasteiger partial charge in [0.15, 0.2) is 9.84 Å². The molecule has 7 nitrogen and oxygen atoms in total. The summed E-state index contributed by atoms with van der Waals surface area (Å²) in [5.74, 6) is -0.00158. The molecule has 1 aromatic carbocycles. The lowest BCUT2D eigenvalue weighted by atomic mass is 10.1. The predicted octanol–water partition coefficient (Wildman–Crippen LogP) is 1.23. The second-order valence-corrected chi connectivity index (χ2v) is 8.12. The zero-order valence-corrected chi connectivity index (χ0v) is 14.2. The molecule has 1 aliphatic heterocycles. The highest BCUT2D eigenvalue weighted by Crippen LogP contribution is 2.26. The molecule has 2 aromatic rings. The van der Waals surface area contributed by atoms with Gasteiger partial charge in [0, 0.05) is 24.5 Å². The molecule has 1 fully saturated rings. The molecule has 0 radical (unpaired) electrons. The Morgan fingerprint density at radius 3 is 2.67 bits per heavy atom. The molecule has 128 valence electrons. The summed E-state index contributed by atoms with van der Waals surface area (Å²) in [7, 11) is -1.56. The average Bonchev–Trinajstić information content (AvgIpc) is 3.06. The van der Waals surface area contributed by atoms with Gasteiger partial charge in [0.1, 0.15) is 5.75 Å². The van der Waals surface area contributed by atoms with Crippen LogP contribution in [0, 0.1) is 0 Å². The third-order valence-electron chi connectivity index (χ3n) is 4.16. The van der Waals surface area contributed by atoms with E-state index in [0.29, 0.717) is 28.6 Å². The molecule has 1 amide bonds. The van der Waals surface area contributed by atoms with E-state index in [9.17, 15) is 18.0 Å². The smallest absolute Gasteiger partial charge is 0.253 e. The van der Waals surface area contributed by atoms with E-state index < -0.39 is 21.8 Å². The average molecular weight is 350 g/mol. The van der Waals surface area contributed by atoms with E-state index in [1.807, 2.05) is 0 Å². The zero-order valence-electron chi connectivity index (χ0n) is 13.4. The second kappa shape index (κ2) is 5.94. The van der Waals surface area contributed by atoms with Crippen LogP contribution in [0.4, 0.5) is 0 Å². The molecule has 0 spiro atoms. The number of hydrogen-bond donors (Lipinski definition) is 1. The van der Waals surface area contributed by atoms with Gasteiger partial charge < -0.3 is 10.1 Å². The van der Waals surface area contributed by atoms with Crippen LogP contribution in [0.1, 0.15) is 28.5 Å². The van der Waals surface area contributed by atoms with Gasteiger partial charge in [-0.3, -0.25) is 14.2 Å². The predicted molar refractivity (Wildman–Crippen MR) is 89.3 cm³/mol. The number of amides is 1. The van der Waals surface area contributed by atoms with Crippen LogP contribution >= 0.6 is 0 Å². The van der Waals surface area contributed by atoms with Gasteiger partial charge in [0.25, 0.3) is 5.91 Å². The van der Waals surface area contributed by atoms with Gasteiger partial charge in [-0.05, 0) is 24.6 Å². The van der Waals surface area contributed by atoms with Gasteiger partial charge in [0.2, 0.25) is 5.91 Å². The molecular formula is C16H18N2O5S. The van der Waals surface area contributed by atoms with E-state index in [2.05, 4.69) is 5.32 Å². The molecule has 24 heavy (non-hydrogen) atoms. The van der Waals surface area contributed by atoms with Crippen LogP contribution in [0.3, 0.4) is 0 Å². The van der Waals surface area contributed by atoms with Crippen LogP contribution in [-0.2, 0) is 9.84 Å². The number of rotatable bonds is 3. The van der Waals surface area contributed by atoms with Crippen molar-refractivity contribution in [2.75, 3.05) is 18.6 Å². The van der Waals surface area contributed by atoms with Crippen LogP contribution in [0.25, 0.3) is 10.9 Å². The highest BCUT2D eigenvalue weighted by molar-refractivity contribution is 7.91. The lowest BCUT2D eigenvalue weighted by Crippen LogP contribution is -2.35. The third kappa shape index (κ3) is 3.01. The fraction of sp³-hybridized carbons (Fsp3) is 0.375. The maximum atomic E-state index is 12.6. The molecule has 1 saturated heterocycles. The third-order valence-corrected chi connectivity index (χ3v) is 5.93. The summed E-state index contributed by atoms with van der Waals surface area (Å²) < 4.78 is 29.6. The first-order chi connectivity index (χ1) is 11.3. The number of fused-ring (bicyclic) bond motifs is 1. The first-order valence-electron chi connectivity index (χ1n) is 7.52. The Hall–Kier alpha value is -2.35.